The molecule has 5 aromatic carbocycles. The molecule has 9 rings (SSSR count). The zero-order valence-corrected chi connectivity index (χ0v) is 33.0. The first-order valence-corrected chi connectivity index (χ1v) is 20.8. The van der Waals surface area contributed by atoms with Crippen molar-refractivity contribution in [2.45, 2.75) is 128 Å². The predicted molar refractivity (Wildman–Crippen MR) is 230 cm³/mol. The van der Waals surface area contributed by atoms with Crippen molar-refractivity contribution in [2.24, 2.45) is 0 Å². The minimum Gasteiger partial charge on any atom is -0.311 e. The Morgan fingerprint density at radius 3 is 1.23 bits per heavy atom. The van der Waals surface area contributed by atoms with E-state index in [9.17, 15) is 0 Å². The third-order valence-corrected chi connectivity index (χ3v) is 13.2. The molecule has 0 atom stereocenters. The van der Waals surface area contributed by atoms with Gasteiger partial charge in [0, 0.05) is 34.1 Å². The maximum Gasteiger partial charge on any atom is 0.252 e. The Kier molecular flexibility index (Phi) is 8.64. The minimum absolute atomic E-state index is 0.104. The molecule has 270 valence electrons. The van der Waals surface area contributed by atoms with Crippen LogP contribution < -0.4 is 26.2 Å². The van der Waals surface area contributed by atoms with Gasteiger partial charge in [0.25, 0.3) is 6.71 Å². The fourth-order valence-electron chi connectivity index (χ4n) is 10.1. The Morgan fingerprint density at radius 1 is 0.453 bits per heavy atom. The highest BCUT2D eigenvalue weighted by atomic mass is 15.2. The van der Waals surface area contributed by atoms with E-state index >= 15 is 0 Å². The second-order valence-corrected chi connectivity index (χ2v) is 18.7. The lowest BCUT2D eigenvalue weighted by atomic mass is 9.33. The number of rotatable bonds is 4. The quantitative estimate of drug-likeness (QED) is 0.169. The van der Waals surface area contributed by atoms with Gasteiger partial charge in [0.2, 0.25) is 0 Å². The molecular weight excluding hydrogens is 639 g/mol. The standard InChI is InChI=1S/C50H57BN2/c1-49(2,3)38-22-26-40(27-23-38)52-44-30-20-36(34-14-9-7-10-15-34)32-42(44)51-43-33-37(35-16-11-8-12-17-35)21-31-45(43)53(47-19-13-18-46(52)48(47)51)41-28-24-39(25-29-41)50(4,5)6/h13,18-35H,7-12,14-17H2,1-6H3. The van der Waals surface area contributed by atoms with Gasteiger partial charge in [-0.15, -0.1) is 0 Å². The summed E-state index contributed by atoms with van der Waals surface area (Å²) in [6.45, 7) is 14.0. The number of benzene rings is 5. The molecule has 2 nitrogen and oxygen atoms in total. The van der Waals surface area contributed by atoms with Gasteiger partial charge in [-0.25, -0.2) is 0 Å². The van der Waals surface area contributed by atoms with Gasteiger partial charge in [-0.3, -0.25) is 0 Å². The summed E-state index contributed by atoms with van der Waals surface area (Å²) in [5.41, 5.74) is 18.1. The smallest absolute Gasteiger partial charge is 0.252 e. The van der Waals surface area contributed by atoms with Gasteiger partial charge in [0.1, 0.15) is 0 Å². The number of fused-ring (bicyclic) bond motifs is 4. The lowest BCUT2D eigenvalue weighted by molar-refractivity contribution is 0.444. The largest absolute Gasteiger partial charge is 0.311 e. The monoisotopic (exact) mass is 696 g/mol. The van der Waals surface area contributed by atoms with Crippen LogP contribution in [0, 0.1) is 0 Å². The molecule has 4 aliphatic rings. The molecule has 0 saturated heterocycles. The molecule has 0 aromatic heterocycles. The Balaban J connectivity index is 1.29. The van der Waals surface area contributed by atoms with E-state index in [2.05, 4.69) is 154 Å². The lowest BCUT2D eigenvalue weighted by Crippen LogP contribution is -2.61. The second-order valence-electron chi connectivity index (χ2n) is 18.7. The number of hydrogen-bond acceptors (Lipinski definition) is 2. The van der Waals surface area contributed by atoms with Crippen molar-refractivity contribution in [1.29, 1.82) is 0 Å². The molecule has 0 unspecified atom stereocenters. The molecule has 2 heterocycles. The summed E-state index contributed by atoms with van der Waals surface area (Å²) in [5.74, 6) is 1.30. The summed E-state index contributed by atoms with van der Waals surface area (Å²) >= 11 is 0. The molecule has 3 heteroatoms. The van der Waals surface area contributed by atoms with Crippen LogP contribution in [0.4, 0.5) is 34.1 Å². The Labute approximate surface area is 319 Å². The second kappa shape index (κ2) is 13.3. The first kappa shape index (κ1) is 34.5. The van der Waals surface area contributed by atoms with Gasteiger partial charge >= 0.3 is 0 Å². The van der Waals surface area contributed by atoms with E-state index in [1.165, 1.54) is 137 Å². The van der Waals surface area contributed by atoms with Crippen molar-refractivity contribution in [3.05, 3.63) is 125 Å². The van der Waals surface area contributed by atoms with E-state index in [-0.39, 0.29) is 17.5 Å². The molecule has 2 fully saturated rings. The Morgan fingerprint density at radius 2 is 0.849 bits per heavy atom. The van der Waals surface area contributed by atoms with Gasteiger partial charge in [0.15, 0.2) is 0 Å². The number of hydrogen-bond donors (Lipinski definition) is 0. The van der Waals surface area contributed by atoms with Crippen LogP contribution in [0.1, 0.15) is 140 Å². The van der Waals surface area contributed by atoms with Gasteiger partial charge in [-0.2, -0.15) is 0 Å². The normalized spacial score (nSPS) is 17.7. The van der Waals surface area contributed by atoms with Crippen LogP contribution in [0.3, 0.4) is 0 Å². The van der Waals surface area contributed by atoms with Crippen molar-refractivity contribution in [2.75, 3.05) is 9.80 Å². The Hall–Kier alpha value is -4.24. The fraction of sp³-hybridized carbons (Fsp3) is 0.400. The summed E-state index contributed by atoms with van der Waals surface area (Å²) in [6, 6.07) is 41.1. The van der Waals surface area contributed by atoms with E-state index in [1.54, 1.807) is 0 Å². The van der Waals surface area contributed by atoms with Crippen LogP contribution in [0.15, 0.2) is 103 Å². The maximum absolute atomic E-state index is 2.65. The first-order chi connectivity index (χ1) is 25.6. The zero-order chi connectivity index (χ0) is 36.5. The average Bonchev–Trinajstić information content (AvgIpc) is 3.17. The molecule has 2 aliphatic heterocycles. The zero-order valence-electron chi connectivity index (χ0n) is 33.0. The molecule has 0 bridgehead atoms. The van der Waals surface area contributed by atoms with Crippen molar-refractivity contribution in [3.63, 3.8) is 0 Å². The van der Waals surface area contributed by atoms with Crippen LogP contribution in [0.25, 0.3) is 0 Å². The molecule has 0 amide bonds. The third kappa shape index (κ3) is 6.13. The number of nitrogens with zero attached hydrogens (tertiary/aromatic N) is 2. The summed E-state index contributed by atoms with van der Waals surface area (Å²) in [6.07, 6.45) is 13.4. The molecule has 0 radical (unpaired) electrons. The predicted octanol–water partition coefficient (Wildman–Crippen LogP) is 12.5. The summed E-state index contributed by atoms with van der Waals surface area (Å²) in [5, 5.41) is 0. The third-order valence-electron chi connectivity index (χ3n) is 13.2. The first-order valence-electron chi connectivity index (χ1n) is 20.8. The van der Waals surface area contributed by atoms with Gasteiger partial charge < -0.3 is 9.80 Å². The minimum atomic E-state index is 0.104. The molecule has 0 N–H and O–H groups in total. The van der Waals surface area contributed by atoms with Crippen molar-refractivity contribution >= 4 is 57.2 Å². The topological polar surface area (TPSA) is 6.48 Å². The molecule has 2 aliphatic carbocycles. The SMILES string of the molecule is CC(C)(C)c1ccc(N2c3ccc(C4CCCCC4)cc3B3c4cc(C5CCCCC5)ccc4N(c4ccc(C(C)(C)C)cc4)c4cccc2c43)cc1. The van der Waals surface area contributed by atoms with E-state index in [1.807, 2.05) is 0 Å². The molecule has 0 spiro atoms. The molecule has 53 heavy (non-hydrogen) atoms. The van der Waals surface area contributed by atoms with Gasteiger partial charge in [-0.1, -0.05) is 135 Å². The van der Waals surface area contributed by atoms with Crippen molar-refractivity contribution in [3.8, 4) is 0 Å². The van der Waals surface area contributed by atoms with Crippen LogP contribution in [-0.2, 0) is 10.8 Å². The highest BCUT2D eigenvalue weighted by Crippen LogP contribution is 2.46. The lowest BCUT2D eigenvalue weighted by Gasteiger charge is -2.44. The average molecular weight is 697 g/mol. The van der Waals surface area contributed by atoms with E-state index in [0.29, 0.717) is 11.8 Å². The number of anilines is 6. The van der Waals surface area contributed by atoms with Crippen molar-refractivity contribution < 1.29 is 0 Å². The van der Waals surface area contributed by atoms with Crippen LogP contribution in [0.2, 0.25) is 0 Å². The highest BCUT2D eigenvalue weighted by Gasteiger charge is 2.44. The highest BCUT2D eigenvalue weighted by molar-refractivity contribution is 7.00. The van der Waals surface area contributed by atoms with Crippen LogP contribution in [-0.4, -0.2) is 6.71 Å². The maximum atomic E-state index is 2.65. The summed E-state index contributed by atoms with van der Waals surface area (Å²) in [4.78, 5) is 5.16. The summed E-state index contributed by atoms with van der Waals surface area (Å²) in [7, 11) is 0. The Bertz CT molecular complexity index is 1970. The van der Waals surface area contributed by atoms with E-state index in [4.69, 9.17) is 0 Å². The van der Waals surface area contributed by atoms with Crippen LogP contribution >= 0.6 is 0 Å². The summed E-state index contributed by atoms with van der Waals surface area (Å²) < 4.78 is 0. The van der Waals surface area contributed by atoms with E-state index < -0.39 is 0 Å². The van der Waals surface area contributed by atoms with Gasteiger partial charge in [0.05, 0.1) is 0 Å². The molecule has 5 aromatic rings. The fourth-order valence-corrected chi connectivity index (χ4v) is 10.1. The molecular formula is C50H57BN2. The van der Waals surface area contributed by atoms with Crippen molar-refractivity contribution in [1.82, 2.24) is 0 Å². The van der Waals surface area contributed by atoms with Crippen LogP contribution in [0.5, 0.6) is 0 Å². The van der Waals surface area contributed by atoms with Gasteiger partial charge in [-0.05, 0) is 136 Å². The molecule has 2 saturated carbocycles. The van der Waals surface area contributed by atoms with E-state index in [0.717, 1.165) is 0 Å².